The smallest absolute Gasteiger partial charge is 0.325 e. The summed E-state index contributed by atoms with van der Waals surface area (Å²) < 4.78 is 5.02. The van der Waals surface area contributed by atoms with Gasteiger partial charge in [0.2, 0.25) is 6.29 Å². The Labute approximate surface area is 149 Å². The fourth-order valence-corrected chi connectivity index (χ4v) is 2.68. The van der Waals surface area contributed by atoms with Gasteiger partial charge in [0.25, 0.3) is 0 Å². The van der Waals surface area contributed by atoms with Crippen molar-refractivity contribution in [3.05, 3.63) is 28.8 Å². The highest BCUT2D eigenvalue weighted by Gasteiger charge is 2.36. The van der Waals surface area contributed by atoms with Crippen LogP contribution in [0.25, 0.3) is 0 Å². The minimum Gasteiger partial charge on any atom is -0.495 e. The minimum atomic E-state index is -1.14. The van der Waals surface area contributed by atoms with Crippen molar-refractivity contribution in [3.63, 3.8) is 0 Å². The summed E-state index contributed by atoms with van der Waals surface area (Å²) in [5.41, 5.74) is 0.375. The zero-order valence-corrected chi connectivity index (χ0v) is 14.5. The Morgan fingerprint density at radius 2 is 2.08 bits per heavy atom. The number of halogens is 1. The Bertz CT molecular complexity index is 709. The molecule has 1 N–H and O–H groups in total. The van der Waals surface area contributed by atoms with E-state index in [2.05, 4.69) is 5.32 Å². The number of amides is 4. The van der Waals surface area contributed by atoms with Crippen LogP contribution in [0.1, 0.15) is 18.5 Å². The van der Waals surface area contributed by atoms with Crippen LogP contribution in [-0.2, 0) is 14.4 Å². The van der Waals surface area contributed by atoms with Gasteiger partial charge in [-0.05, 0) is 24.6 Å². The van der Waals surface area contributed by atoms with E-state index in [0.717, 1.165) is 4.90 Å². The molecule has 2 rings (SSSR count). The van der Waals surface area contributed by atoms with Crippen LogP contribution in [0.15, 0.2) is 18.2 Å². The lowest BCUT2D eigenvalue weighted by Gasteiger charge is -2.32. The minimum absolute atomic E-state index is 0.0548. The number of benzene rings is 1. The highest BCUT2D eigenvalue weighted by molar-refractivity contribution is 6.38. The monoisotopic (exact) mass is 366 g/mol. The Hall–Kier alpha value is -2.61. The van der Waals surface area contributed by atoms with Crippen LogP contribution in [-0.4, -0.2) is 60.7 Å². The van der Waals surface area contributed by atoms with Crippen molar-refractivity contribution >= 4 is 35.7 Å². The molecule has 0 saturated carbocycles. The van der Waals surface area contributed by atoms with Crippen LogP contribution < -0.4 is 10.1 Å². The zero-order valence-electron chi connectivity index (χ0n) is 13.7. The second kappa shape index (κ2) is 7.98. The summed E-state index contributed by atoms with van der Waals surface area (Å²) in [6.45, 7) is 2.43. The second-order valence-electron chi connectivity index (χ2n) is 5.24. The molecule has 9 heteroatoms. The molecule has 133 valence electrons. The number of hydrogen-bond acceptors (Lipinski definition) is 5. The third-order valence-electron chi connectivity index (χ3n) is 3.83. The van der Waals surface area contributed by atoms with Crippen molar-refractivity contribution in [1.29, 1.82) is 0 Å². The van der Waals surface area contributed by atoms with Crippen molar-refractivity contribution in [1.82, 2.24) is 15.1 Å². The number of carbonyl (C=O) groups excluding carboxylic acids is 4. The standard InChI is InChI=1S/C16H17ClN3O5/c1-3-19-6-7-20(15(23)14(19)22)16(24)18-12(9-21)10-4-5-13(25-2)11(17)8-10/h4-5,8,12H,3,6-7H2,1-2H3,(H,18,24). The zero-order chi connectivity index (χ0) is 18.6. The molecule has 1 aromatic carbocycles. The number of ether oxygens (including phenoxy) is 1. The Balaban J connectivity index is 2.12. The number of piperazine rings is 1. The molecule has 0 aliphatic carbocycles. The lowest BCUT2D eigenvalue weighted by atomic mass is 10.1. The molecule has 8 nitrogen and oxygen atoms in total. The molecule has 1 heterocycles. The first kappa shape index (κ1) is 18.7. The fraction of sp³-hybridized carbons (Fsp3) is 0.375. The number of carbonyl (C=O) groups is 3. The van der Waals surface area contributed by atoms with Gasteiger partial charge >= 0.3 is 17.8 Å². The highest BCUT2D eigenvalue weighted by Crippen LogP contribution is 2.27. The fourth-order valence-electron chi connectivity index (χ4n) is 2.41. The van der Waals surface area contributed by atoms with E-state index in [4.69, 9.17) is 16.3 Å². The van der Waals surface area contributed by atoms with Gasteiger partial charge in [0, 0.05) is 19.6 Å². The van der Waals surface area contributed by atoms with Gasteiger partial charge in [-0.15, -0.1) is 0 Å². The van der Waals surface area contributed by atoms with E-state index in [1.165, 1.54) is 18.1 Å². The number of methoxy groups -OCH3 is 1. The number of urea groups is 1. The summed E-state index contributed by atoms with van der Waals surface area (Å²) in [6, 6.07) is 2.57. The molecule has 1 unspecified atom stereocenters. The van der Waals surface area contributed by atoms with Crippen LogP contribution in [0, 0.1) is 0 Å². The molecular formula is C16H17ClN3O5. The first-order valence-corrected chi connectivity index (χ1v) is 7.93. The van der Waals surface area contributed by atoms with Crippen LogP contribution in [0.2, 0.25) is 5.02 Å². The SMILES string of the molecule is CCN1CCN(C(=O)NC([C]=O)c2ccc(OC)c(Cl)c2)C(=O)C1=O. The first-order valence-electron chi connectivity index (χ1n) is 7.55. The predicted molar refractivity (Wildman–Crippen MR) is 88.9 cm³/mol. The molecule has 0 aromatic heterocycles. The normalized spacial score (nSPS) is 15.8. The van der Waals surface area contributed by atoms with Gasteiger partial charge in [-0.2, -0.15) is 0 Å². The maximum Gasteiger partial charge on any atom is 0.325 e. The van der Waals surface area contributed by atoms with Crippen molar-refractivity contribution in [2.45, 2.75) is 13.0 Å². The summed E-state index contributed by atoms with van der Waals surface area (Å²) in [4.78, 5) is 49.5. The highest BCUT2D eigenvalue weighted by atomic mass is 35.5. The van der Waals surface area contributed by atoms with Crippen molar-refractivity contribution in [2.24, 2.45) is 0 Å². The predicted octanol–water partition coefficient (Wildman–Crippen LogP) is 0.900. The summed E-state index contributed by atoms with van der Waals surface area (Å²) in [7, 11) is 1.45. The van der Waals surface area contributed by atoms with Gasteiger partial charge in [-0.3, -0.25) is 19.3 Å². The first-order chi connectivity index (χ1) is 11.9. The van der Waals surface area contributed by atoms with Crippen LogP contribution in [0.5, 0.6) is 5.75 Å². The molecule has 0 bridgehead atoms. The molecule has 1 fully saturated rings. The number of rotatable bonds is 5. The van der Waals surface area contributed by atoms with Gasteiger partial charge in [0.1, 0.15) is 11.8 Å². The molecule has 1 radical (unpaired) electrons. The van der Waals surface area contributed by atoms with Gasteiger partial charge in [-0.25, -0.2) is 4.79 Å². The number of hydrogen-bond donors (Lipinski definition) is 1. The average Bonchev–Trinajstić information content (AvgIpc) is 2.61. The van der Waals surface area contributed by atoms with E-state index in [-0.39, 0.29) is 18.1 Å². The van der Waals surface area contributed by atoms with Gasteiger partial charge < -0.3 is 15.0 Å². The van der Waals surface area contributed by atoms with Crippen LogP contribution in [0.4, 0.5) is 4.79 Å². The van der Waals surface area contributed by atoms with E-state index in [0.29, 0.717) is 17.9 Å². The third kappa shape index (κ3) is 3.90. The van der Waals surface area contributed by atoms with Crippen molar-refractivity contribution < 1.29 is 23.9 Å². The summed E-state index contributed by atoms with van der Waals surface area (Å²) in [5.74, 6) is -1.26. The number of nitrogens with one attached hydrogen (secondary N) is 1. The Morgan fingerprint density at radius 3 is 2.64 bits per heavy atom. The van der Waals surface area contributed by atoms with E-state index in [1.54, 1.807) is 25.3 Å². The van der Waals surface area contributed by atoms with E-state index in [1.807, 2.05) is 0 Å². The van der Waals surface area contributed by atoms with Gasteiger partial charge in [0.05, 0.1) is 12.1 Å². The molecule has 1 saturated heterocycles. The van der Waals surface area contributed by atoms with Crippen LogP contribution in [0.3, 0.4) is 0 Å². The van der Waals surface area contributed by atoms with Crippen LogP contribution >= 0.6 is 11.6 Å². The molecule has 1 aliphatic rings. The molecule has 25 heavy (non-hydrogen) atoms. The number of nitrogens with zero attached hydrogens (tertiary/aromatic N) is 2. The molecule has 0 spiro atoms. The van der Waals surface area contributed by atoms with Gasteiger partial charge in [-0.1, -0.05) is 17.7 Å². The molecule has 1 aromatic rings. The Kier molecular flexibility index (Phi) is 5.97. The third-order valence-corrected chi connectivity index (χ3v) is 4.13. The lowest BCUT2D eigenvalue weighted by molar-refractivity contribution is -0.153. The summed E-state index contributed by atoms with van der Waals surface area (Å²) >= 11 is 6.01. The average molecular weight is 367 g/mol. The quantitative estimate of drug-likeness (QED) is 0.781. The van der Waals surface area contributed by atoms with Crippen molar-refractivity contribution in [2.75, 3.05) is 26.7 Å². The molecule has 1 aliphatic heterocycles. The maximum atomic E-state index is 12.3. The summed E-state index contributed by atoms with van der Waals surface area (Å²) in [6.07, 6.45) is 1.68. The number of likely N-dealkylation sites (N-methyl/N-ethyl adjacent to an activating group) is 1. The number of imide groups is 1. The second-order valence-corrected chi connectivity index (χ2v) is 5.64. The van der Waals surface area contributed by atoms with Crippen molar-refractivity contribution in [3.8, 4) is 5.75 Å². The van der Waals surface area contributed by atoms with Gasteiger partial charge in [0.15, 0.2) is 0 Å². The largest absolute Gasteiger partial charge is 0.495 e. The molecule has 1 atom stereocenters. The molecular weight excluding hydrogens is 350 g/mol. The molecule has 4 amide bonds. The topological polar surface area (TPSA) is 96.0 Å². The maximum absolute atomic E-state index is 12.3. The van der Waals surface area contributed by atoms with E-state index in [9.17, 15) is 19.2 Å². The summed E-state index contributed by atoms with van der Waals surface area (Å²) in [5, 5.41) is 2.63. The van der Waals surface area contributed by atoms with E-state index >= 15 is 0 Å². The lowest BCUT2D eigenvalue weighted by Crippen LogP contribution is -2.58. The van der Waals surface area contributed by atoms with E-state index < -0.39 is 23.9 Å². The Morgan fingerprint density at radius 1 is 1.36 bits per heavy atom.